The lowest BCUT2D eigenvalue weighted by Crippen LogP contribution is -2.18. The quantitative estimate of drug-likeness (QED) is 0.511. The topological polar surface area (TPSA) is 64.3 Å². The molecule has 0 aliphatic carbocycles. The Kier molecular flexibility index (Phi) is 10.0. The molecule has 84 valence electrons. The zero-order valence-corrected chi connectivity index (χ0v) is 9.05. The number of amides is 1. The highest BCUT2D eigenvalue weighted by molar-refractivity contribution is 5.73. The summed E-state index contributed by atoms with van der Waals surface area (Å²) < 4.78 is 4.93. The number of rotatable bonds is 10. The zero-order chi connectivity index (χ0) is 10.6. The van der Waals surface area contributed by atoms with E-state index in [4.69, 9.17) is 10.5 Å². The summed E-state index contributed by atoms with van der Waals surface area (Å²) in [5.41, 5.74) is 5.01. The third kappa shape index (κ3) is 11.4. The van der Waals surface area contributed by atoms with Gasteiger partial charge in [0.2, 0.25) is 5.91 Å². The maximum absolute atomic E-state index is 10.4. The van der Waals surface area contributed by atoms with E-state index in [0.29, 0.717) is 6.42 Å². The molecule has 0 aromatic heterocycles. The number of unbranched alkanes of at least 4 members (excludes halogenated alkanes) is 2. The fraction of sp³-hybridized carbons (Fsp3) is 0.900. The molecule has 0 spiro atoms. The summed E-state index contributed by atoms with van der Waals surface area (Å²) >= 11 is 0. The molecule has 0 heterocycles. The molecule has 0 aromatic rings. The summed E-state index contributed by atoms with van der Waals surface area (Å²) in [6.45, 7) is 2.84. The first-order valence-electron chi connectivity index (χ1n) is 5.25. The van der Waals surface area contributed by atoms with Crippen molar-refractivity contribution in [3.05, 3.63) is 0 Å². The van der Waals surface area contributed by atoms with Gasteiger partial charge in [-0.15, -0.1) is 0 Å². The molecule has 0 aliphatic rings. The van der Waals surface area contributed by atoms with E-state index in [-0.39, 0.29) is 5.91 Å². The first-order chi connectivity index (χ1) is 6.77. The molecule has 0 aromatic carbocycles. The van der Waals surface area contributed by atoms with E-state index >= 15 is 0 Å². The van der Waals surface area contributed by atoms with Crippen molar-refractivity contribution >= 4 is 5.91 Å². The third-order valence-corrected chi connectivity index (χ3v) is 1.98. The number of hydrogen-bond acceptors (Lipinski definition) is 3. The molecule has 14 heavy (non-hydrogen) atoms. The normalized spacial score (nSPS) is 10.4. The van der Waals surface area contributed by atoms with Crippen LogP contribution >= 0.6 is 0 Å². The van der Waals surface area contributed by atoms with Crippen molar-refractivity contribution in [3.63, 3.8) is 0 Å². The molecule has 0 saturated heterocycles. The predicted molar refractivity (Wildman–Crippen MR) is 57.0 cm³/mol. The predicted octanol–water partition coefficient (Wildman–Crippen LogP) is 0.658. The summed E-state index contributed by atoms with van der Waals surface area (Å²) in [4.78, 5) is 10.4. The zero-order valence-electron chi connectivity index (χ0n) is 9.05. The summed E-state index contributed by atoms with van der Waals surface area (Å²) in [5, 5.41) is 3.31. The van der Waals surface area contributed by atoms with Gasteiger partial charge >= 0.3 is 0 Å². The molecule has 0 aliphatic heterocycles. The molecular weight excluding hydrogens is 180 g/mol. The van der Waals surface area contributed by atoms with E-state index in [2.05, 4.69) is 5.32 Å². The average molecular weight is 202 g/mol. The summed E-state index contributed by atoms with van der Waals surface area (Å²) in [5.74, 6) is -0.204. The Labute approximate surface area is 86.2 Å². The van der Waals surface area contributed by atoms with Crippen molar-refractivity contribution in [1.82, 2.24) is 5.32 Å². The lowest BCUT2D eigenvalue weighted by atomic mass is 10.2. The van der Waals surface area contributed by atoms with E-state index in [0.717, 1.165) is 45.4 Å². The van der Waals surface area contributed by atoms with E-state index in [1.807, 2.05) is 0 Å². The van der Waals surface area contributed by atoms with Crippen LogP contribution in [0.1, 0.15) is 32.1 Å². The molecule has 4 heteroatoms. The van der Waals surface area contributed by atoms with Gasteiger partial charge in [0.1, 0.15) is 0 Å². The van der Waals surface area contributed by atoms with Crippen LogP contribution in [0, 0.1) is 0 Å². The average Bonchev–Trinajstić information content (AvgIpc) is 2.15. The van der Waals surface area contributed by atoms with Crippen LogP contribution in [0.3, 0.4) is 0 Å². The van der Waals surface area contributed by atoms with Crippen molar-refractivity contribution in [3.8, 4) is 0 Å². The van der Waals surface area contributed by atoms with Crippen molar-refractivity contribution in [2.75, 3.05) is 26.8 Å². The standard InChI is InChI=1S/C10H22N2O2/c1-14-9-5-4-8-12-7-3-2-6-10(11)13/h12H,2-9H2,1H3,(H2,11,13). The number of carbonyl (C=O) groups is 1. The summed E-state index contributed by atoms with van der Waals surface area (Å²) in [6, 6.07) is 0. The molecular formula is C10H22N2O2. The number of methoxy groups -OCH3 is 1. The lowest BCUT2D eigenvalue weighted by molar-refractivity contribution is -0.118. The van der Waals surface area contributed by atoms with Gasteiger partial charge in [0.15, 0.2) is 0 Å². The van der Waals surface area contributed by atoms with Gasteiger partial charge in [0.05, 0.1) is 0 Å². The van der Waals surface area contributed by atoms with Crippen molar-refractivity contribution < 1.29 is 9.53 Å². The Hall–Kier alpha value is -0.610. The highest BCUT2D eigenvalue weighted by Gasteiger charge is 1.93. The smallest absolute Gasteiger partial charge is 0.217 e. The maximum Gasteiger partial charge on any atom is 0.217 e. The lowest BCUT2D eigenvalue weighted by Gasteiger charge is -2.03. The Morgan fingerprint density at radius 1 is 1.21 bits per heavy atom. The molecule has 3 N–H and O–H groups in total. The van der Waals surface area contributed by atoms with Crippen LogP contribution in [0.15, 0.2) is 0 Å². The second-order valence-electron chi connectivity index (χ2n) is 3.37. The van der Waals surface area contributed by atoms with E-state index in [9.17, 15) is 4.79 Å². The highest BCUT2D eigenvalue weighted by atomic mass is 16.5. The van der Waals surface area contributed by atoms with Crippen molar-refractivity contribution in [2.45, 2.75) is 32.1 Å². The number of nitrogens with two attached hydrogens (primary N) is 1. The first kappa shape index (κ1) is 13.4. The fourth-order valence-corrected chi connectivity index (χ4v) is 1.17. The third-order valence-electron chi connectivity index (χ3n) is 1.98. The maximum atomic E-state index is 10.4. The van der Waals surface area contributed by atoms with Crippen LogP contribution in [0.25, 0.3) is 0 Å². The van der Waals surface area contributed by atoms with Crippen LogP contribution in [-0.4, -0.2) is 32.7 Å². The minimum atomic E-state index is -0.204. The molecule has 4 nitrogen and oxygen atoms in total. The highest BCUT2D eigenvalue weighted by Crippen LogP contribution is 1.93. The van der Waals surface area contributed by atoms with Gasteiger partial charge in [-0.05, 0) is 38.8 Å². The largest absolute Gasteiger partial charge is 0.385 e. The summed E-state index contributed by atoms with van der Waals surface area (Å²) in [6.07, 6.45) is 4.66. The Morgan fingerprint density at radius 2 is 1.86 bits per heavy atom. The molecule has 0 radical (unpaired) electrons. The molecule has 0 bridgehead atoms. The van der Waals surface area contributed by atoms with E-state index in [1.54, 1.807) is 7.11 Å². The van der Waals surface area contributed by atoms with Crippen LogP contribution in [0.2, 0.25) is 0 Å². The molecule has 1 amide bonds. The SMILES string of the molecule is COCCCCNCCCCC(N)=O. The minimum absolute atomic E-state index is 0.204. The second kappa shape index (κ2) is 10.5. The first-order valence-corrected chi connectivity index (χ1v) is 5.25. The Bertz CT molecular complexity index is 140. The number of primary amides is 1. The van der Waals surface area contributed by atoms with Gasteiger partial charge in [-0.1, -0.05) is 0 Å². The number of ether oxygens (including phenoxy) is 1. The van der Waals surface area contributed by atoms with Gasteiger partial charge < -0.3 is 15.8 Å². The van der Waals surface area contributed by atoms with Gasteiger partial charge in [-0.2, -0.15) is 0 Å². The monoisotopic (exact) mass is 202 g/mol. The molecule has 0 atom stereocenters. The van der Waals surface area contributed by atoms with Crippen LogP contribution < -0.4 is 11.1 Å². The molecule has 0 unspecified atom stereocenters. The number of nitrogens with one attached hydrogen (secondary N) is 1. The fourth-order valence-electron chi connectivity index (χ4n) is 1.17. The molecule has 0 saturated carbocycles. The number of hydrogen-bond donors (Lipinski definition) is 2. The van der Waals surface area contributed by atoms with Crippen LogP contribution in [0.5, 0.6) is 0 Å². The van der Waals surface area contributed by atoms with Crippen molar-refractivity contribution in [1.29, 1.82) is 0 Å². The van der Waals surface area contributed by atoms with Crippen LogP contribution in [0.4, 0.5) is 0 Å². The van der Waals surface area contributed by atoms with Gasteiger partial charge in [0, 0.05) is 20.1 Å². The minimum Gasteiger partial charge on any atom is -0.385 e. The van der Waals surface area contributed by atoms with Crippen molar-refractivity contribution in [2.24, 2.45) is 5.73 Å². The van der Waals surface area contributed by atoms with Crippen LogP contribution in [-0.2, 0) is 9.53 Å². The Morgan fingerprint density at radius 3 is 2.43 bits per heavy atom. The number of carbonyl (C=O) groups excluding carboxylic acids is 1. The molecule has 0 rings (SSSR count). The summed E-state index contributed by atoms with van der Waals surface area (Å²) in [7, 11) is 1.72. The second-order valence-corrected chi connectivity index (χ2v) is 3.37. The van der Waals surface area contributed by atoms with Gasteiger partial charge in [0.25, 0.3) is 0 Å². The Balaban J connectivity index is 2.88. The van der Waals surface area contributed by atoms with E-state index < -0.39 is 0 Å². The van der Waals surface area contributed by atoms with Gasteiger partial charge in [-0.3, -0.25) is 4.79 Å². The van der Waals surface area contributed by atoms with E-state index in [1.165, 1.54) is 0 Å². The molecule has 0 fully saturated rings. The van der Waals surface area contributed by atoms with Gasteiger partial charge in [-0.25, -0.2) is 0 Å².